The number of rotatable bonds is 4. The SMILES string of the molecule is C[n+]1cn(-c2cccc(Oc3ccc4c5c6c(ccc5n(-c5cc(C(C)(C)C)ccn5)c4c3)-n3c4ccccc4c4cccc(c43)-c3ccccc3-6)c2)c2ccccc21. The lowest BCUT2D eigenvalue weighted by molar-refractivity contribution is -0.645. The number of pyridine rings is 1. The number of hydrogen-bond acceptors (Lipinski definition) is 2. The number of fused-ring (bicyclic) bond motifs is 13. The summed E-state index contributed by atoms with van der Waals surface area (Å²) in [7, 11) is 2.08. The Morgan fingerprint density at radius 2 is 1.31 bits per heavy atom. The summed E-state index contributed by atoms with van der Waals surface area (Å²) in [5.41, 5.74) is 15.1. The summed E-state index contributed by atoms with van der Waals surface area (Å²) in [5.74, 6) is 2.40. The van der Waals surface area contributed by atoms with Crippen molar-refractivity contribution in [3.8, 4) is 50.9 Å². The van der Waals surface area contributed by atoms with Crippen molar-refractivity contribution in [1.82, 2.24) is 18.7 Å². The average molecular weight is 763 g/mol. The van der Waals surface area contributed by atoms with Crippen molar-refractivity contribution >= 4 is 54.6 Å². The zero-order valence-corrected chi connectivity index (χ0v) is 33.3. The summed E-state index contributed by atoms with van der Waals surface area (Å²) in [6, 6.07) is 56.8. The van der Waals surface area contributed by atoms with Gasteiger partial charge in [0.2, 0.25) is 6.33 Å². The van der Waals surface area contributed by atoms with E-state index >= 15 is 0 Å². The number of aromatic nitrogens is 5. The number of imidazole rings is 1. The monoisotopic (exact) mass is 762 g/mol. The Morgan fingerprint density at radius 1 is 0.559 bits per heavy atom. The highest BCUT2D eigenvalue weighted by Gasteiger charge is 2.29. The molecular weight excluding hydrogens is 723 g/mol. The lowest BCUT2D eigenvalue weighted by Crippen LogP contribution is -2.25. The largest absolute Gasteiger partial charge is 0.457 e. The minimum atomic E-state index is -0.0551. The second-order valence-electron chi connectivity index (χ2n) is 16.8. The minimum absolute atomic E-state index is 0.0551. The molecule has 4 aromatic heterocycles. The number of ether oxygens (including phenoxy) is 1. The Labute approximate surface area is 341 Å². The molecule has 12 rings (SSSR count). The highest BCUT2D eigenvalue weighted by atomic mass is 16.5. The lowest BCUT2D eigenvalue weighted by atomic mass is 9.88. The molecule has 0 amide bonds. The molecule has 0 spiro atoms. The van der Waals surface area contributed by atoms with Gasteiger partial charge in [0.25, 0.3) is 0 Å². The minimum Gasteiger partial charge on any atom is -0.457 e. The van der Waals surface area contributed by atoms with Crippen LogP contribution in [-0.4, -0.2) is 18.7 Å². The summed E-state index contributed by atoms with van der Waals surface area (Å²) in [6.07, 6.45) is 4.07. The van der Waals surface area contributed by atoms with Crippen molar-refractivity contribution in [3.05, 3.63) is 176 Å². The Bertz CT molecular complexity index is 3540. The van der Waals surface area contributed by atoms with Gasteiger partial charge in [-0.05, 0) is 88.8 Å². The molecule has 282 valence electrons. The van der Waals surface area contributed by atoms with Crippen molar-refractivity contribution in [2.75, 3.05) is 0 Å². The Balaban J connectivity index is 1.12. The molecular formula is C53H40N5O+. The fourth-order valence-corrected chi connectivity index (χ4v) is 9.58. The average Bonchev–Trinajstić information content (AvgIpc) is 3.87. The van der Waals surface area contributed by atoms with Crippen LogP contribution in [0.5, 0.6) is 11.5 Å². The second-order valence-corrected chi connectivity index (χ2v) is 16.8. The third-order valence-corrected chi connectivity index (χ3v) is 12.3. The zero-order valence-electron chi connectivity index (χ0n) is 33.3. The molecule has 0 saturated carbocycles. The highest BCUT2D eigenvalue weighted by Crippen LogP contribution is 2.51. The van der Waals surface area contributed by atoms with E-state index in [2.05, 4.69) is 204 Å². The van der Waals surface area contributed by atoms with Crippen LogP contribution in [-0.2, 0) is 12.5 Å². The molecule has 6 heteroatoms. The van der Waals surface area contributed by atoms with Crippen LogP contribution in [0.3, 0.4) is 0 Å². The number of benzene rings is 7. The van der Waals surface area contributed by atoms with Gasteiger partial charge in [-0.2, -0.15) is 4.57 Å². The first-order chi connectivity index (χ1) is 28.8. The molecule has 0 aliphatic carbocycles. The maximum atomic E-state index is 6.78. The quantitative estimate of drug-likeness (QED) is 0.168. The second kappa shape index (κ2) is 12.3. The van der Waals surface area contributed by atoms with Gasteiger partial charge in [-0.15, -0.1) is 0 Å². The standard InChI is InChI=1S/C53H40N5O/c1-53(2,3)33-27-28-54-49(29-33)57-46-25-26-47-50(39-17-6-5-15-37(39)40-18-12-19-41-38-16-7-8-20-43(38)58(47)52(40)41)51(46)42-24-23-36(31-48(42)57)59-35-14-11-13-34(30-35)56-32-55(4)44-21-9-10-22-45(44)56/h5-32H,1-4H3/q+1. The highest BCUT2D eigenvalue weighted by molar-refractivity contribution is 6.22. The molecule has 0 atom stereocenters. The van der Waals surface area contributed by atoms with E-state index in [1.54, 1.807) is 0 Å². The van der Waals surface area contributed by atoms with E-state index in [4.69, 9.17) is 9.72 Å². The Hall–Kier alpha value is -7.44. The molecule has 1 aliphatic heterocycles. The molecule has 0 bridgehead atoms. The Kier molecular flexibility index (Phi) is 7.01. The number of aryl methyl sites for hydroxylation is 1. The van der Waals surface area contributed by atoms with Crippen LogP contribution in [0.1, 0.15) is 26.3 Å². The zero-order chi connectivity index (χ0) is 39.6. The number of para-hydroxylation sites is 4. The summed E-state index contributed by atoms with van der Waals surface area (Å²) >= 11 is 0. The lowest BCUT2D eigenvalue weighted by Gasteiger charge is -2.20. The van der Waals surface area contributed by atoms with Gasteiger partial charge in [0.05, 0.1) is 34.8 Å². The summed E-state index contributed by atoms with van der Waals surface area (Å²) in [6.45, 7) is 6.77. The summed E-state index contributed by atoms with van der Waals surface area (Å²) in [5, 5.41) is 4.84. The van der Waals surface area contributed by atoms with E-state index in [1.165, 1.54) is 66.2 Å². The van der Waals surface area contributed by atoms with Crippen molar-refractivity contribution in [2.24, 2.45) is 7.05 Å². The van der Waals surface area contributed by atoms with Crippen molar-refractivity contribution in [1.29, 1.82) is 0 Å². The van der Waals surface area contributed by atoms with Crippen LogP contribution >= 0.6 is 0 Å². The predicted octanol–water partition coefficient (Wildman–Crippen LogP) is 12.8. The van der Waals surface area contributed by atoms with Crippen molar-refractivity contribution < 1.29 is 9.30 Å². The van der Waals surface area contributed by atoms with Gasteiger partial charge in [-0.1, -0.05) is 99.6 Å². The molecule has 1 aliphatic rings. The van der Waals surface area contributed by atoms with Gasteiger partial charge >= 0.3 is 0 Å². The van der Waals surface area contributed by atoms with E-state index in [9.17, 15) is 0 Å². The predicted molar refractivity (Wildman–Crippen MR) is 241 cm³/mol. The van der Waals surface area contributed by atoms with Gasteiger partial charge < -0.3 is 9.30 Å². The van der Waals surface area contributed by atoms with E-state index in [0.717, 1.165) is 44.9 Å². The molecule has 5 heterocycles. The normalized spacial score (nSPS) is 12.4. The molecule has 6 nitrogen and oxygen atoms in total. The molecule has 11 aromatic rings. The molecule has 0 fully saturated rings. The van der Waals surface area contributed by atoms with Gasteiger partial charge in [0.15, 0.2) is 11.0 Å². The van der Waals surface area contributed by atoms with Gasteiger partial charge in [-0.3, -0.25) is 4.57 Å². The fraction of sp³-hybridized carbons (Fsp3) is 0.0943. The molecule has 7 aromatic carbocycles. The maximum Gasteiger partial charge on any atom is 0.249 e. The van der Waals surface area contributed by atoms with Crippen LogP contribution in [0.2, 0.25) is 0 Å². The van der Waals surface area contributed by atoms with Crippen LogP contribution in [0.15, 0.2) is 170 Å². The van der Waals surface area contributed by atoms with E-state index < -0.39 is 0 Å². The third-order valence-electron chi connectivity index (χ3n) is 12.3. The molecule has 0 saturated heterocycles. The van der Waals surface area contributed by atoms with Gasteiger partial charge in [0.1, 0.15) is 23.0 Å². The topological polar surface area (TPSA) is 40.8 Å². The van der Waals surface area contributed by atoms with Crippen LogP contribution in [0.25, 0.3) is 94.1 Å². The van der Waals surface area contributed by atoms with E-state index in [0.29, 0.717) is 0 Å². The molecule has 0 radical (unpaired) electrons. The molecule has 59 heavy (non-hydrogen) atoms. The summed E-state index contributed by atoms with van der Waals surface area (Å²) in [4.78, 5) is 5.06. The first-order valence-corrected chi connectivity index (χ1v) is 20.3. The third kappa shape index (κ3) is 4.93. The smallest absolute Gasteiger partial charge is 0.249 e. The van der Waals surface area contributed by atoms with Gasteiger partial charge in [0, 0.05) is 51.0 Å². The van der Waals surface area contributed by atoms with Gasteiger partial charge in [-0.25, -0.2) is 9.55 Å². The van der Waals surface area contributed by atoms with Crippen LogP contribution in [0, 0.1) is 0 Å². The van der Waals surface area contributed by atoms with E-state index in [1.807, 2.05) is 12.3 Å². The molecule has 0 unspecified atom stereocenters. The summed E-state index contributed by atoms with van der Waals surface area (Å²) < 4.78 is 16.0. The maximum absolute atomic E-state index is 6.78. The molecule has 0 N–H and O–H groups in total. The first-order valence-electron chi connectivity index (χ1n) is 20.3. The Morgan fingerprint density at radius 3 is 2.19 bits per heavy atom. The fourth-order valence-electron chi connectivity index (χ4n) is 9.58. The van der Waals surface area contributed by atoms with Crippen molar-refractivity contribution in [2.45, 2.75) is 26.2 Å². The van der Waals surface area contributed by atoms with Crippen molar-refractivity contribution in [3.63, 3.8) is 0 Å². The van der Waals surface area contributed by atoms with Crippen LogP contribution < -0.4 is 9.30 Å². The number of nitrogens with zero attached hydrogens (tertiary/aromatic N) is 5. The van der Waals surface area contributed by atoms with Crippen LogP contribution in [0.4, 0.5) is 0 Å². The van der Waals surface area contributed by atoms with E-state index in [-0.39, 0.29) is 5.41 Å². The first kappa shape index (κ1) is 33.7. The number of hydrogen-bond donors (Lipinski definition) is 0.